The third kappa shape index (κ3) is 5.41. The quantitative estimate of drug-likeness (QED) is 0.768. The van der Waals surface area contributed by atoms with Crippen molar-refractivity contribution in [3.8, 4) is 0 Å². The molecule has 0 aliphatic rings. The van der Waals surface area contributed by atoms with Crippen molar-refractivity contribution in [2.75, 3.05) is 18.5 Å². The summed E-state index contributed by atoms with van der Waals surface area (Å²) in [5, 5.41) is 2.51. The zero-order valence-electron chi connectivity index (χ0n) is 14.2. The van der Waals surface area contributed by atoms with E-state index < -0.39 is 30.3 Å². The van der Waals surface area contributed by atoms with Crippen LogP contribution >= 0.6 is 0 Å². The second-order valence-electron chi connectivity index (χ2n) is 5.32. The first-order valence-electron chi connectivity index (χ1n) is 8.00. The van der Waals surface area contributed by atoms with Gasteiger partial charge in [-0.2, -0.15) is 0 Å². The molecule has 0 aliphatic carbocycles. The van der Waals surface area contributed by atoms with Crippen LogP contribution in [0.5, 0.6) is 0 Å². The second-order valence-corrected chi connectivity index (χ2v) is 5.32. The van der Waals surface area contributed by atoms with E-state index in [0.29, 0.717) is 17.9 Å². The third-order valence-electron chi connectivity index (χ3n) is 3.27. The average Bonchev–Trinajstić information content (AvgIpc) is 2.65. The number of amides is 1. The fraction of sp³-hybridized carbons (Fsp3) is 0.211. The molecule has 0 atom stereocenters. The minimum Gasteiger partial charge on any atom is -0.462 e. The van der Waals surface area contributed by atoms with Gasteiger partial charge in [-0.1, -0.05) is 19.1 Å². The highest BCUT2D eigenvalue weighted by Gasteiger charge is 2.14. The van der Waals surface area contributed by atoms with Crippen molar-refractivity contribution >= 4 is 23.5 Å². The maximum Gasteiger partial charge on any atom is 0.341 e. The van der Waals surface area contributed by atoms with Crippen molar-refractivity contribution in [1.82, 2.24) is 0 Å². The topological polar surface area (TPSA) is 81.7 Å². The molecule has 0 aliphatic heterocycles. The van der Waals surface area contributed by atoms with Crippen molar-refractivity contribution < 1.29 is 28.2 Å². The van der Waals surface area contributed by atoms with Gasteiger partial charge in [-0.3, -0.25) is 4.79 Å². The summed E-state index contributed by atoms with van der Waals surface area (Å²) in [4.78, 5) is 35.2. The van der Waals surface area contributed by atoms with E-state index in [4.69, 9.17) is 9.47 Å². The molecular formula is C19H18FNO5. The summed E-state index contributed by atoms with van der Waals surface area (Å²) in [5.41, 5.74) is 0.543. The third-order valence-corrected chi connectivity index (χ3v) is 3.27. The van der Waals surface area contributed by atoms with Crippen LogP contribution in [0.15, 0.2) is 48.5 Å². The molecule has 0 aromatic heterocycles. The second kappa shape index (κ2) is 9.31. The number of anilines is 1. The summed E-state index contributed by atoms with van der Waals surface area (Å²) >= 11 is 0. The summed E-state index contributed by atoms with van der Waals surface area (Å²) in [6.07, 6.45) is 0.728. The van der Waals surface area contributed by atoms with Gasteiger partial charge in [0.25, 0.3) is 5.91 Å². The molecule has 2 aromatic carbocycles. The SMILES string of the molecule is CCCOC(=O)c1ccc(NC(=O)COC(=O)c2ccccc2F)cc1. The summed E-state index contributed by atoms with van der Waals surface area (Å²) in [6.45, 7) is 1.67. The van der Waals surface area contributed by atoms with Crippen LogP contribution in [0.1, 0.15) is 34.1 Å². The molecule has 2 aromatic rings. The first-order valence-corrected chi connectivity index (χ1v) is 8.00. The summed E-state index contributed by atoms with van der Waals surface area (Å²) < 4.78 is 23.2. The number of carbonyl (C=O) groups is 3. The van der Waals surface area contributed by atoms with Crippen molar-refractivity contribution in [1.29, 1.82) is 0 Å². The molecule has 7 heteroatoms. The molecule has 1 N–H and O–H groups in total. The van der Waals surface area contributed by atoms with Crippen molar-refractivity contribution in [2.45, 2.75) is 13.3 Å². The van der Waals surface area contributed by atoms with Crippen LogP contribution in [0.3, 0.4) is 0 Å². The zero-order chi connectivity index (χ0) is 18.9. The number of benzene rings is 2. The Labute approximate surface area is 149 Å². The van der Waals surface area contributed by atoms with Gasteiger partial charge in [0.1, 0.15) is 5.82 Å². The van der Waals surface area contributed by atoms with Gasteiger partial charge in [-0.05, 0) is 42.8 Å². The standard InChI is InChI=1S/C19H18FNO5/c1-2-11-25-18(23)13-7-9-14(10-8-13)21-17(22)12-26-19(24)15-5-3-4-6-16(15)20/h3-10H,2,11-12H2,1H3,(H,21,22). The monoisotopic (exact) mass is 359 g/mol. The number of halogens is 1. The van der Waals surface area contributed by atoms with Crippen LogP contribution in [0.4, 0.5) is 10.1 Å². The Morgan fingerprint density at radius 2 is 1.65 bits per heavy atom. The van der Waals surface area contributed by atoms with Crippen LogP contribution in [0.25, 0.3) is 0 Å². The Balaban J connectivity index is 1.85. The number of nitrogens with one attached hydrogen (secondary N) is 1. The van der Waals surface area contributed by atoms with E-state index in [-0.39, 0.29) is 5.56 Å². The van der Waals surface area contributed by atoms with Gasteiger partial charge in [-0.15, -0.1) is 0 Å². The van der Waals surface area contributed by atoms with Crippen molar-refractivity contribution in [3.05, 3.63) is 65.5 Å². The van der Waals surface area contributed by atoms with Crippen molar-refractivity contribution in [2.24, 2.45) is 0 Å². The largest absolute Gasteiger partial charge is 0.462 e. The van der Waals surface area contributed by atoms with E-state index >= 15 is 0 Å². The zero-order valence-corrected chi connectivity index (χ0v) is 14.2. The Hall–Kier alpha value is -3.22. The molecule has 0 radical (unpaired) electrons. The smallest absolute Gasteiger partial charge is 0.341 e. The lowest BCUT2D eigenvalue weighted by Gasteiger charge is -2.08. The first-order chi connectivity index (χ1) is 12.5. The molecule has 0 spiro atoms. The highest BCUT2D eigenvalue weighted by Crippen LogP contribution is 2.11. The molecule has 0 unspecified atom stereocenters. The molecule has 6 nitrogen and oxygen atoms in total. The number of rotatable bonds is 7. The van der Waals surface area contributed by atoms with Crippen molar-refractivity contribution in [3.63, 3.8) is 0 Å². The average molecular weight is 359 g/mol. The van der Waals surface area contributed by atoms with Gasteiger partial charge in [0, 0.05) is 5.69 Å². The van der Waals surface area contributed by atoms with Gasteiger partial charge >= 0.3 is 11.9 Å². The van der Waals surface area contributed by atoms with Gasteiger partial charge in [0.05, 0.1) is 17.7 Å². The number of esters is 2. The first kappa shape index (κ1) is 19.1. The molecule has 0 saturated heterocycles. The van der Waals surface area contributed by atoms with Crippen LogP contribution in [-0.4, -0.2) is 31.1 Å². The number of hydrogen-bond donors (Lipinski definition) is 1. The van der Waals surface area contributed by atoms with E-state index in [2.05, 4.69) is 5.32 Å². The van der Waals surface area contributed by atoms with E-state index in [9.17, 15) is 18.8 Å². The lowest BCUT2D eigenvalue weighted by Crippen LogP contribution is -2.21. The molecule has 2 rings (SSSR count). The normalized spacial score (nSPS) is 10.1. The summed E-state index contributed by atoms with van der Waals surface area (Å²) in [6, 6.07) is 11.4. The van der Waals surface area contributed by atoms with Crippen LogP contribution in [-0.2, 0) is 14.3 Å². The molecule has 0 fully saturated rings. The molecular weight excluding hydrogens is 341 g/mol. The minimum absolute atomic E-state index is 0.241. The summed E-state index contributed by atoms with van der Waals surface area (Å²) in [7, 11) is 0. The van der Waals surface area contributed by atoms with Crippen LogP contribution in [0, 0.1) is 5.82 Å². The predicted molar refractivity (Wildman–Crippen MR) is 92.3 cm³/mol. The van der Waals surface area contributed by atoms with E-state index in [1.807, 2.05) is 6.92 Å². The Morgan fingerprint density at radius 1 is 0.962 bits per heavy atom. The van der Waals surface area contributed by atoms with E-state index in [1.165, 1.54) is 42.5 Å². The highest BCUT2D eigenvalue weighted by molar-refractivity contribution is 5.96. The molecule has 0 bridgehead atoms. The lowest BCUT2D eigenvalue weighted by atomic mass is 10.2. The fourth-order valence-electron chi connectivity index (χ4n) is 2.00. The van der Waals surface area contributed by atoms with E-state index in [0.717, 1.165) is 12.5 Å². The highest BCUT2D eigenvalue weighted by atomic mass is 19.1. The molecule has 0 saturated carbocycles. The van der Waals surface area contributed by atoms with E-state index in [1.54, 1.807) is 0 Å². The number of ether oxygens (including phenoxy) is 2. The van der Waals surface area contributed by atoms with Gasteiger partial charge in [0.15, 0.2) is 6.61 Å². The van der Waals surface area contributed by atoms with Gasteiger partial charge in [0.2, 0.25) is 0 Å². The Bertz CT molecular complexity index is 789. The lowest BCUT2D eigenvalue weighted by molar-refractivity contribution is -0.119. The molecule has 136 valence electrons. The Morgan fingerprint density at radius 3 is 2.31 bits per heavy atom. The maximum absolute atomic E-state index is 13.5. The summed E-state index contributed by atoms with van der Waals surface area (Å²) in [5.74, 6) is -2.67. The van der Waals surface area contributed by atoms with Crippen LogP contribution < -0.4 is 5.32 Å². The fourth-order valence-corrected chi connectivity index (χ4v) is 2.00. The maximum atomic E-state index is 13.5. The molecule has 1 amide bonds. The number of hydrogen-bond acceptors (Lipinski definition) is 5. The molecule has 0 heterocycles. The number of carbonyl (C=O) groups excluding carboxylic acids is 3. The van der Waals surface area contributed by atoms with Gasteiger partial charge < -0.3 is 14.8 Å². The van der Waals surface area contributed by atoms with Crippen LogP contribution in [0.2, 0.25) is 0 Å². The Kier molecular flexibility index (Phi) is 6.84. The molecule has 26 heavy (non-hydrogen) atoms. The minimum atomic E-state index is -0.924. The predicted octanol–water partition coefficient (Wildman–Crippen LogP) is 3.19. The van der Waals surface area contributed by atoms with Gasteiger partial charge in [-0.25, -0.2) is 14.0 Å².